The molecular formula is C16H23ClN3O3+. The number of carbonyl (C=O) groups excluding carboxylic acids is 1. The Labute approximate surface area is 141 Å². The number of benzene rings is 1. The number of nitro groups is 1. The number of amides is 1. The van der Waals surface area contributed by atoms with Gasteiger partial charge in [0, 0.05) is 24.1 Å². The van der Waals surface area contributed by atoms with Crippen molar-refractivity contribution in [3.05, 3.63) is 38.9 Å². The summed E-state index contributed by atoms with van der Waals surface area (Å²) < 4.78 is 0. The topological polar surface area (TPSA) is 76.7 Å². The number of likely N-dealkylation sites (tertiary alicyclic amines) is 1. The molecule has 0 aromatic heterocycles. The minimum absolute atomic E-state index is 0.0150. The third-order valence-corrected chi connectivity index (χ3v) is 4.68. The third kappa shape index (κ3) is 4.91. The van der Waals surface area contributed by atoms with Gasteiger partial charge in [-0.15, -0.1) is 0 Å². The zero-order valence-corrected chi connectivity index (χ0v) is 14.1. The lowest BCUT2D eigenvalue weighted by Crippen LogP contribution is -3.16. The first kappa shape index (κ1) is 17.7. The van der Waals surface area contributed by atoms with Gasteiger partial charge in [0.25, 0.3) is 11.6 Å². The molecule has 1 fully saturated rings. The molecule has 1 saturated heterocycles. The number of nitrogens with one attached hydrogen (secondary N) is 2. The van der Waals surface area contributed by atoms with Gasteiger partial charge in [0.2, 0.25) is 0 Å². The van der Waals surface area contributed by atoms with Crippen molar-refractivity contribution in [1.29, 1.82) is 0 Å². The molecule has 0 bridgehead atoms. The fourth-order valence-corrected chi connectivity index (χ4v) is 3.26. The van der Waals surface area contributed by atoms with Crippen LogP contribution in [0.5, 0.6) is 0 Å². The standard InChI is InChI=1S/C16H22ClN3O3/c1-12-5-2-3-9-19(12)10-4-8-18-16(21)14-11-13(17)6-7-15(14)20(22)23/h6-7,11-12H,2-5,8-10H2,1H3,(H,18,21)/p+1/t12-/m0/s1. The van der Waals surface area contributed by atoms with Crippen molar-refractivity contribution < 1.29 is 14.6 Å². The molecule has 0 saturated carbocycles. The predicted octanol–water partition coefficient (Wildman–Crippen LogP) is 1.83. The zero-order chi connectivity index (χ0) is 16.8. The maximum Gasteiger partial charge on any atom is 0.282 e. The number of nitro benzene ring substituents is 1. The van der Waals surface area contributed by atoms with E-state index < -0.39 is 10.8 Å². The molecule has 0 radical (unpaired) electrons. The van der Waals surface area contributed by atoms with Gasteiger partial charge in [-0.2, -0.15) is 0 Å². The quantitative estimate of drug-likeness (QED) is 0.471. The second-order valence-electron chi connectivity index (χ2n) is 6.08. The Morgan fingerprint density at radius 1 is 1.48 bits per heavy atom. The fraction of sp³-hybridized carbons (Fsp3) is 0.562. The average molecular weight is 341 g/mol. The third-order valence-electron chi connectivity index (χ3n) is 4.44. The van der Waals surface area contributed by atoms with Crippen LogP contribution in [0.4, 0.5) is 5.69 Å². The van der Waals surface area contributed by atoms with Crippen molar-refractivity contribution in [2.75, 3.05) is 19.6 Å². The molecule has 2 rings (SSSR count). The van der Waals surface area contributed by atoms with Gasteiger partial charge in [-0.05, 0) is 38.3 Å². The summed E-state index contributed by atoms with van der Waals surface area (Å²) in [6.07, 6.45) is 4.69. The largest absolute Gasteiger partial charge is 0.352 e. The lowest BCUT2D eigenvalue weighted by atomic mass is 10.0. The summed E-state index contributed by atoms with van der Waals surface area (Å²) in [4.78, 5) is 24.2. The van der Waals surface area contributed by atoms with E-state index in [-0.39, 0.29) is 11.3 Å². The number of rotatable bonds is 6. The molecule has 1 aromatic carbocycles. The van der Waals surface area contributed by atoms with E-state index >= 15 is 0 Å². The number of nitrogens with zero attached hydrogens (tertiary/aromatic N) is 1. The van der Waals surface area contributed by atoms with E-state index in [1.165, 1.54) is 44.0 Å². The Hall–Kier alpha value is -1.66. The zero-order valence-electron chi connectivity index (χ0n) is 13.3. The SMILES string of the molecule is C[C@H]1CCCC[NH+]1CCCNC(=O)c1cc(Cl)ccc1[N+](=O)[O-]. The van der Waals surface area contributed by atoms with E-state index in [0.717, 1.165) is 13.0 Å². The van der Waals surface area contributed by atoms with E-state index in [1.807, 2.05) is 0 Å². The lowest BCUT2D eigenvalue weighted by Gasteiger charge is -2.30. The average Bonchev–Trinajstić information content (AvgIpc) is 2.52. The van der Waals surface area contributed by atoms with E-state index in [1.54, 1.807) is 4.90 Å². The number of hydrogen-bond donors (Lipinski definition) is 2. The molecule has 2 atom stereocenters. The van der Waals surface area contributed by atoms with Gasteiger partial charge in [0.1, 0.15) is 5.56 Å². The first-order chi connectivity index (χ1) is 11.0. The smallest absolute Gasteiger partial charge is 0.282 e. The van der Waals surface area contributed by atoms with Gasteiger partial charge in [-0.25, -0.2) is 0 Å². The van der Waals surface area contributed by atoms with Gasteiger partial charge < -0.3 is 10.2 Å². The van der Waals surface area contributed by atoms with Crippen LogP contribution in [0.3, 0.4) is 0 Å². The number of carbonyl (C=O) groups is 1. The van der Waals surface area contributed by atoms with Gasteiger partial charge in [0.05, 0.1) is 24.1 Å². The van der Waals surface area contributed by atoms with E-state index in [4.69, 9.17) is 11.6 Å². The summed E-state index contributed by atoms with van der Waals surface area (Å²) in [6.45, 7) is 4.98. The van der Waals surface area contributed by atoms with Crippen LogP contribution >= 0.6 is 11.6 Å². The summed E-state index contributed by atoms with van der Waals surface area (Å²) in [5.74, 6) is -0.444. The van der Waals surface area contributed by atoms with Crippen molar-refractivity contribution in [2.45, 2.75) is 38.6 Å². The molecule has 1 aliphatic rings. The van der Waals surface area contributed by atoms with Gasteiger partial charge in [-0.3, -0.25) is 14.9 Å². The molecule has 1 unspecified atom stereocenters. The summed E-state index contributed by atoms with van der Waals surface area (Å²) in [5, 5.41) is 14.1. The summed E-state index contributed by atoms with van der Waals surface area (Å²) in [5.41, 5.74) is -0.205. The van der Waals surface area contributed by atoms with Crippen LogP contribution in [-0.2, 0) is 0 Å². The van der Waals surface area contributed by atoms with Crippen LogP contribution < -0.4 is 10.2 Å². The molecule has 1 heterocycles. The first-order valence-electron chi connectivity index (χ1n) is 8.05. The van der Waals surface area contributed by atoms with E-state index in [2.05, 4.69) is 12.2 Å². The lowest BCUT2D eigenvalue weighted by molar-refractivity contribution is -0.928. The number of halogens is 1. The number of hydrogen-bond acceptors (Lipinski definition) is 3. The summed E-state index contributed by atoms with van der Waals surface area (Å²) in [7, 11) is 0. The first-order valence-corrected chi connectivity index (χ1v) is 8.43. The van der Waals surface area contributed by atoms with Crippen LogP contribution in [0.1, 0.15) is 43.0 Å². The molecule has 1 amide bonds. The Bertz CT molecular complexity index is 580. The second kappa shape index (κ2) is 8.26. The molecular weight excluding hydrogens is 318 g/mol. The minimum atomic E-state index is -0.565. The van der Waals surface area contributed by atoms with Gasteiger partial charge in [-0.1, -0.05) is 11.6 Å². The Balaban J connectivity index is 1.85. The summed E-state index contributed by atoms with van der Waals surface area (Å²) in [6, 6.07) is 4.69. The number of quaternary nitrogens is 1. The molecule has 6 nitrogen and oxygen atoms in total. The predicted molar refractivity (Wildman–Crippen MR) is 89.1 cm³/mol. The van der Waals surface area contributed by atoms with Gasteiger partial charge >= 0.3 is 0 Å². The molecule has 1 aromatic rings. The molecule has 0 spiro atoms. The molecule has 7 heteroatoms. The monoisotopic (exact) mass is 340 g/mol. The van der Waals surface area contributed by atoms with Crippen LogP contribution in [0.2, 0.25) is 5.02 Å². The normalized spacial score (nSPS) is 21.0. The maximum absolute atomic E-state index is 12.2. The Morgan fingerprint density at radius 2 is 2.26 bits per heavy atom. The van der Waals surface area contributed by atoms with E-state index in [9.17, 15) is 14.9 Å². The highest BCUT2D eigenvalue weighted by Gasteiger charge is 2.22. The summed E-state index contributed by atoms with van der Waals surface area (Å²) >= 11 is 5.84. The molecule has 0 aliphatic carbocycles. The van der Waals surface area contributed by atoms with Crippen LogP contribution in [0.15, 0.2) is 18.2 Å². The van der Waals surface area contributed by atoms with Crippen molar-refractivity contribution in [2.24, 2.45) is 0 Å². The van der Waals surface area contributed by atoms with Crippen molar-refractivity contribution in [3.63, 3.8) is 0 Å². The Morgan fingerprint density at radius 3 is 2.96 bits per heavy atom. The minimum Gasteiger partial charge on any atom is -0.352 e. The highest BCUT2D eigenvalue weighted by atomic mass is 35.5. The van der Waals surface area contributed by atoms with Gasteiger partial charge in [0.15, 0.2) is 0 Å². The molecule has 23 heavy (non-hydrogen) atoms. The van der Waals surface area contributed by atoms with Crippen molar-refractivity contribution in [3.8, 4) is 0 Å². The van der Waals surface area contributed by atoms with Crippen molar-refractivity contribution >= 4 is 23.2 Å². The molecule has 126 valence electrons. The fourth-order valence-electron chi connectivity index (χ4n) is 3.09. The van der Waals surface area contributed by atoms with Crippen molar-refractivity contribution in [1.82, 2.24) is 5.32 Å². The number of piperidine rings is 1. The molecule has 1 aliphatic heterocycles. The maximum atomic E-state index is 12.2. The highest BCUT2D eigenvalue weighted by molar-refractivity contribution is 6.31. The molecule has 2 N–H and O–H groups in total. The highest BCUT2D eigenvalue weighted by Crippen LogP contribution is 2.22. The Kier molecular flexibility index (Phi) is 6.36. The van der Waals surface area contributed by atoms with Crippen LogP contribution in [-0.4, -0.2) is 36.5 Å². The van der Waals surface area contributed by atoms with E-state index in [0.29, 0.717) is 17.6 Å². The van der Waals surface area contributed by atoms with Crippen LogP contribution in [0.25, 0.3) is 0 Å². The second-order valence-corrected chi connectivity index (χ2v) is 6.52. The van der Waals surface area contributed by atoms with Crippen LogP contribution in [0, 0.1) is 10.1 Å².